The number of methoxy groups -OCH3 is 1. The minimum atomic E-state index is -0.226. The average molecular weight is 231 g/mol. The molecule has 17 heavy (non-hydrogen) atoms. The minimum Gasteiger partial charge on any atom is -0.497 e. The molecule has 1 aromatic rings. The first-order chi connectivity index (χ1) is 8.19. The highest BCUT2D eigenvalue weighted by atomic mass is 16.5. The number of amides is 1. The van der Waals surface area contributed by atoms with E-state index in [0.717, 1.165) is 37.1 Å². The Balaban J connectivity index is 2.16. The van der Waals surface area contributed by atoms with E-state index in [1.807, 2.05) is 19.2 Å². The molecule has 1 aromatic carbocycles. The van der Waals surface area contributed by atoms with Crippen molar-refractivity contribution in [2.24, 2.45) is 0 Å². The van der Waals surface area contributed by atoms with Gasteiger partial charge in [-0.15, -0.1) is 0 Å². The summed E-state index contributed by atoms with van der Waals surface area (Å²) in [4.78, 5) is 14.3. The second kappa shape index (κ2) is 3.49. The SMILES string of the molecule is COc1ccc2c(c1)N(C)C(=O)C21CCCC1. The van der Waals surface area contributed by atoms with Crippen LogP contribution in [-0.2, 0) is 10.2 Å². The average Bonchev–Trinajstić information content (AvgIpc) is 2.92. The van der Waals surface area contributed by atoms with Crippen LogP contribution in [0.3, 0.4) is 0 Å². The topological polar surface area (TPSA) is 29.5 Å². The van der Waals surface area contributed by atoms with Crippen LogP contribution < -0.4 is 9.64 Å². The molecule has 2 aliphatic rings. The molecule has 0 aromatic heterocycles. The zero-order valence-electron chi connectivity index (χ0n) is 10.3. The van der Waals surface area contributed by atoms with E-state index >= 15 is 0 Å². The van der Waals surface area contributed by atoms with Crippen molar-refractivity contribution in [1.82, 2.24) is 0 Å². The third kappa shape index (κ3) is 1.25. The minimum absolute atomic E-state index is 0.226. The normalized spacial score (nSPS) is 21.1. The maximum absolute atomic E-state index is 12.5. The van der Waals surface area contributed by atoms with Gasteiger partial charge >= 0.3 is 0 Å². The standard InChI is InChI=1S/C14H17NO2/c1-15-12-9-10(17-2)5-6-11(12)14(13(15)16)7-3-4-8-14/h5-6,9H,3-4,7-8H2,1-2H3. The zero-order valence-corrected chi connectivity index (χ0v) is 10.3. The fourth-order valence-corrected chi connectivity index (χ4v) is 3.33. The molecule has 1 aliphatic carbocycles. The van der Waals surface area contributed by atoms with E-state index in [2.05, 4.69) is 6.07 Å². The third-order valence-corrected chi connectivity index (χ3v) is 4.25. The molecular formula is C14H17NO2. The molecule has 1 aliphatic heterocycles. The van der Waals surface area contributed by atoms with Gasteiger partial charge in [-0.25, -0.2) is 0 Å². The lowest BCUT2D eigenvalue weighted by Gasteiger charge is -2.21. The second-order valence-corrected chi connectivity index (χ2v) is 5.04. The molecule has 3 heteroatoms. The molecule has 1 heterocycles. The molecule has 0 radical (unpaired) electrons. The highest BCUT2D eigenvalue weighted by Crippen LogP contribution is 2.51. The molecule has 3 nitrogen and oxygen atoms in total. The van der Waals surface area contributed by atoms with Crippen molar-refractivity contribution >= 4 is 11.6 Å². The van der Waals surface area contributed by atoms with E-state index < -0.39 is 0 Å². The molecule has 0 saturated heterocycles. The lowest BCUT2D eigenvalue weighted by Crippen LogP contribution is -2.36. The molecule has 0 N–H and O–H groups in total. The Bertz CT molecular complexity index is 475. The third-order valence-electron chi connectivity index (χ3n) is 4.25. The summed E-state index contributed by atoms with van der Waals surface area (Å²) in [6, 6.07) is 6.01. The summed E-state index contributed by atoms with van der Waals surface area (Å²) < 4.78 is 5.24. The molecule has 0 bridgehead atoms. The van der Waals surface area contributed by atoms with Crippen LogP contribution in [0.15, 0.2) is 18.2 Å². The summed E-state index contributed by atoms with van der Waals surface area (Å²) >= 11 is 0. The summed E-state index contributed by atoms with van der Waals surface area (Å²) in [5.74, 6) is 1.08. The van der Waals surface area contributed by atoms with Crippen LogP contribution in [0.5, 0.6) is 5.75 Å². The fraction of sp³-hybridized carbons (Fsp3) is 0.500. The maximum atomic E-state index is 12.5. The Kier molecular flexibility index (Phi) is 2.18. The van der Waals surface area contributed by atoms with Crippen LogP contribution in [0.25, 0.3) is 0 Å². The number of fused-ring (bicyclic) bond motifs is 2. The van der Waals surface area contributed by atoms with Crippen LogP contribution in [0.1, 0.15) is 31.2 Å². The lowest BCUT2D eigenvalue weighted by atomic mass is 9.80. The fourth-order valence-electron chi connectivity index (χ4n) is 3.33. The van der Waals surface area contributed by atoms with Gasteiger partial charge in [0.2, 0.25) is 5.91 Å². The van der Waals surface area contributed by atoms with Crippen LogP contribution in [0.2, 0.25) is 0 Å². The van der Waals surface area contributed by atoms with Gasteiger partial charge in [0.05, 0.1) is 18.2 Å². The maximum Gasteiger partial charge on any atom is 0.237 e. The Hall–Kier alpha value is -1.51. The molecule has 1 saturated carbocycles. The molecular weight excluding hydrogens is 214 g/mol. The Morgan fingerprint density at radius 3 is 2.65 bits per heavy atom. The quantitative estimate of drug-likeness (QED) is 0.743. The number of ether oxygens (including phenoxy) is 1. The van der Waals surface area contributed by atoms with Crippen LogP contribution in [-0.4, -0.2) is 20.1 Å². The molecule has 0 atom stereocenters. The number of nitrogens with zero attached hydrogens (tertiary/aromatic N) is 1. The largest absolute Gasteiger partial charge is 0.497 e. The van der Waals surface area contributed by atoms with Crippen molar-refractivity contribution in [3.8, 4) is 5.75 Å². The summed E-state index contributed by atoms with van der Waals surface area (Å²) in [6.07, 6.45) is 4.31. The molecule has 90 valence electrons. The molecule has 3 rings (SSSR count). The number of likely N-dealkylation sites (N-methyl/N-ethyl adjacent to an activating group) is 1. The van der Waals surface area contributed by atoms with Crippen LogP contribution >= 0.6 is 0 Å². The van der Waals surface area contributed by atoms with Gasteiger partial charge in [0.1, 0.15) is 5.75 Å². The Morgan fingerprint density at radius 1 is 1.29 bits per heavy atom. The summed E-state index contributed by atoms with van der Waals surface area (Å²) in [7, 11) is 3.53. The predicted octanol–water partition coefficient (Wildman–Crippen LogP) is 2.48. The van der Waals surface area contributed by atoms with E-state index in [0.29, 0.717) is 0 Å². The van der Waals surface area contributed by atoms with Crippen LogP contribution in [0.4, 0.5) is 5.69 Å². The van der Waals surface area contributed by atoms with E-state index in [9.17, 15) is 4.79 Å². The van der Waals surface area contributed by atoms with Crippen molar-refractivity contribution in [2.45, 2.75) is 31.1 Å². The Labute approximate surface area is 101 Å². The van der Waals surface area contributed by atoms with Gasteiger partial charge in [-0.3, -0.25) is 4.79 Å². The molecule has 1 fully saturated rings. The van der Waals surface area contributed by atoms with Crippen LogP contribution in [0, 0.1) is 0 Å². The van der Waals surface area contributed by atoms with Gasteiger partial charge < -0.3 is 9.64 Å². The highest BCUT2D eigenvalue weighted by molar-refractivity contribution is 6.08. The zero-order chi connectivity index (χ0) is 12.0. The lowest BCUT2D eigenvalue weighted by molar-refractivity contribution is -0.122. The molecule has 0 unspecified atom stereocenters. The molecule has 1 amide bonds. The Morgan fingerprint density at radius 2 is 2.00 bits per heavy atom. The first-order valence-electron chi connectivity index (χ1n) is 6.16. The van der Waals surface area contributed by atoms with Gasteiger partial charge in [0.25, 0.3) is 0 Å². The van der Waals surface area contributed by atoms with Crippen molar-refractivity contribution in [1.29, 1.82) is 0 Å². The van der Waals surface area contributed by atoms with E-state index in [4.69, 9.17) is 4.74 Å². The second-order valence-electron chi connectivity index (χ2n) is 5.04. The van der Waals surface area contributed by atoms with Gasteiger partial charge in [0, 0.05) is 13.1 Å². The van der Waals surface area contributed by atoms with Crippen molar-refractivity contribution in [3.63, 3.8) is 0 Å². The number of carbonyl (C=O) groups excluding carboxylic acids is 1. The smallest absolute Gasteiger partial charge is 0.237 e. The molecule has 1 spiro atoms. The van der Waals surface area contributed by atoms with E-state index in [1.165, 1.54) is 5.56 Å². The number of anilines is 1. The number of carbonyl (C=O) groups is 1. The van der Waals surface area contributed by atoms with E-state index in [1.54, 1.807) is 12.0 Å². The van der Waals surface area contributed by atoms with Gasteiger partial charge in [-0.2, -0.15) is 0 Å². The number of benzene rings is 1. The predicted molar refractivity (Wildman–Crippen MR) is 66.6 cm³/mol. The summed E-state index contributed by atoms with van der Waals surface area (Å²) in [6.45, 7) is 0. The van der Waals surface area contributed by atoms with Crippen molar-refractivity contribution in [2.75, 3.05) is 19.1 Å². The van der Waals surface area contributed by atoms with Gasteiger partial charge in [-0.1, -0.05) is 18.9 Å². The summed E-state index contributed by atoms with van der Waals surface area (Å²) in [5.41, 5.74) is 2.00. The number of rotatable bonds is 1. The number of hydrogen-bond donors (Lipinski definition) is 0. The van der Waals surface area contributed by atoms with Gasteiger partial charge in [0.15, 0.2) is 0 Å². The van der Waals surface area contributed by atoms with Gasteiger partial charge in [-0.05, 0) is 24.5 Å². The summed E-state index contributed by atoms with van der Waals surface area (Å²) in [5, 5.41) is 0. The number of hydrogen-bond acceptors (Lipinski definition) is 2. The van der Waals surface area contributed by atoms with E-state index in [-0.39, 0.29) is 11.3 Å². The van der Waals surface area contributed by atoms with Crippen molar-refractivity contribution in [3.05, 3.63) is 23.8 Å². The van der Waals surface area contributed by atoms with Crippen molar-refractivity contribution < 1.29 is 9.53 Å². The first kappa shape index (κ1) is 10.6. The highest BCUT2D eigenvalue weighted by Gasteiger charge is 2.50. The monoisotopic (exact) mass is 231 g/mol. The first-order valence-corrected chi connectivity index (χ1v) is 6.16.